The van der Waals surface area contributed by atoms with Crippen molar-refractivity contribution in [2.24, 2.45) is 17.8 Å². The molecule has 1 saturated heterocycles. The maximum Gasteiger partial charge on any atom is 0.343 e. The third-order valence-corrected chi connectivity index (χ3v) is 9.67. The molecule has 3 aliphatic carbocycles. The van der Waals surface area contributed by atoms with Crippen molar-refractivity contribution >= 4 is 29.5 Å². The largest absolute Gasteiger partial charge is 0.497 e. The second kappa shape index (κ2) is 12.2. The van der Waals surface area contributed by atoms with Gasteiger partial charge in [-0.05, 0) is 70.6 Å². The summed E-state index contributed by atoms with van der Waals surface area (Å²) in [4.78, 5) is 68.6. The number of nitrogens with zero attached hydrogens (tertiary/aromatic N) is 1. The summed E-state index contributed by atoms with van der Waals surface area (Å²) < 4.78 is 16.0. The molecule has 2 unspecified atom stereocenters. The van der Waals surface area contributed by atoms with Crippen molar-refractivity contribution in [1.29, 1.82) is 0 Å². The number of ether oxygens (including phenoxy) is 3. The van der Waals surface area contributed by atoms with Crippen LogP contribution < -0.4 is 9.47 Å². The van der Waals surface area contributed by atoms with Crippen LogP contribution in [0.4, 0.5) is 0 Å². The van der Waals surface area contributed by atoms with E-state index in [2.05, 4.69) is 0 Å². The zero-order valence-corrected chi connectivity index (χ0v) is 26.6. The van der Waals surface area contributed by atoms with Gasteiger partial charge in [0.25, 0.3) is 0 Å². The van der Waals surface area contributed by atoms with E-state index < -0.39 is 48.1 Å². The summed E-state index contributed by atoms with van der Waals surface area (Å²) in [5.74, 6) is -4.22. The van der Waals surface area contributed by atoms with E-state index in [1.54, 1.807) is 38.1 Å². The van der Waals surface area contributed by atoms with Gasteiger partial charge in [-0.1, -0.05) is 68.4 Å². The lowest BCUT2D eigenvalue weighted by atomic mass is 9.55. The van der Waals surface area contributed by atoms with E-state index in [0.29, 0.717) is 11.3 Å². The average molecular weight is 644 g/mol. The van der Waals surface area contributed by atoms with E-state index in [1.807, 2.05) is 48.5 Å². The van der Waals surface area contributed by atoms with Crippen LogP contribution in [0.3, 0.4) is 0 Å². The highest BCUT2D eigenvalue weighted by Gasteiger charge is 2.63. The third-order valence-electron chi connectivity index (χ3n) is 9.67. The highest BCUT2D eigenvalue weighted by Crippen LogP contribution is 2.61. The molecular weight excluding hydrogens is 610 g/mol. The maximum atomic E-state index is 14.2. The zero-order valence-electron chi connectivity index (χ0n) is 26.6. The van der Waals surface area contributed by atoms with Crippen molar-refractivity contribution in [2.75, 3.05) is 13.7 Å². The Labute approximate surface area is 277 Å². The van der Waals surface area contributed by atoms with E-state index in [0.717, 1.165) is 27.2 Å². The van der Waals surface area contributed by atoms with Crippen LogP contribution in [0.5, 0.6) is 11.5 Å². The number of Topliss-reactive ketones (excluding diaryl/α,β-unsaturated/α-hetero) is 1. The molecule has 242 valence electrons. The summed E-state index contributed by atoms with van der Waals surface area (Å²) in [5.41, 5.74) is 4.71. The van der Waals surface area contributed by atoms with Crippen molar-refractivity contribution in [1.82, 2.24) is 4.90 Å². The lowest BCUT2D eigenvalue weighted by Crippen LogP contribution is -2.49. The molecule has 4 aliphatic rings. The van der Waals surface area contributed by atoms with Gasteiger partial charge in [0.1, 0.15) is 17.5 Å². The van der Waals surface area contributed by atoms with Gasteiger partial charge in [-0.15, -0.1) is 0 Å². The maximum absolute atomic E-state index is 14.2. The molecule has 1 fully saturated rings. The van der Waals surface area contributed by atoms with Crippen LogP contribution >= 0.6 is 0 Å². The molecule has 4 aromatic carbocycles. The third kappa shape index (κ3) is 5.06. The molecule has 0 N–H and O–H groups in total. The Balaban J connectivity index is 1.05. The van der Waals surface area contributed by atoms with Crippen LogP contribution in [-0.4, -0.2) is 54.2 Å². The number of ketones is 1. The van der Waals surface area contributed by atoms with Crippen LogP contribution in [0.25, 0.3) is 0 Å². The summed E-state index contributed by atoms with van der Waals surface area (Å²) >= 11 is 0. The number of esters is 2. The summed E-state index contributed by atoms with van der Waals surface area (Å²) in [5, 5.41) is 0. The molecule has 0 saturated carbocycles. The number of rotatable bonds is 9. The Morgan fingerprint density at radius 1 is 0.688 bits per heavy atom. The number of carbonyl (C=O) groups excluding carboxylic acids is 5. The Morgan fingerprint density at radius 2 is 1.23 bits per heavy atom. The van der Waals surface area contributed by atoms with Gasteiger partial charge in [-0.3, -0.25) is 19.3 Å². The van der Waals surface area contributed by atoms with Gasteiger partial charge in [0.05, 0.1) is 24.5 Å². The van der Waals surface area contributed by atoms with Crippen molar-refractivity contribution in [3.8, 4) is 11.5 Å². The quantitative estimate of drug-likeness (QED) is 0.101. The summed E-state index contributed by atoms with van der Waals surface area (Å²) in [7, 11) is 1.50. The normalized spacial score (nSPS) is 20.9. The molecule has 4 aromatic rings. The summed E-state index contributed by atoms with van der Waals surface area (Å²) in [6.45, 7) is 2.91. The van der Waals surface area contributed by atoms with Gasteiger partial charge < -0.3 is 14.2 Å². The van der Waals surface area contributed by atoms with Gasteiger partial charge in [-0.2, -0.15) is 0 Å². The zero-order chi connectivity index (χ0) is 33.7. The first-order chi connectivity index (χ1) is 23.2. The molecule has 1 heterocycles. The molecule has 2 amide bonds. The minimum atomic E-state index is -1.19. The molecule has 3 atom stereocenters. The summed E-state index contributed by atoms with van der Waals surface area (Å²) in [6, 6.07) is 27.1. The van der Waals surface area contributed by atoms with E-state index >= 15 is 0 Å². The molecule has 0 aromatic heterocycles. The number of methoxy groups -OCH3 is 1. The minimum absolute atomic E-state index is 0.224. The second-order valence-corrected chi connectivity index (χ2v) is 12.7. The van der Waals surface area contributed by atoms with Crippen LogP contribution in [0, 0.1) is 17.8 Å². The topological polar surface area (TPSA) is 116 Å². The van der Waals surface area contributed by atoms with Crippen molar-refractivity contribution < 1.29 is 38.2 Å². The molecule has 8 rings (SSSR count). The van der Waals surface area contributed by atoms with E-state index in [1.165, 1.54) is 31.4 Å². The highest BCUT2D eigenvalue weighted by molar-refractivity contribution is 6.10. The summed E-state index contributed by atoms with van der Waals surface area (Å²) in [6.07, 6.45) is 0. The number of hydrogen-bond acceptors (Lipinski definition) is 8. The fourth-order valence-electron chi connectivity index (χ4n) is 7.58. The van der Waals surface area contributed by atoms with E-state index in [-0.39, 0.29) is 35.0 Å². The average Bonchev–Trinajstić information content (AvgIpc) is 3.36. The first-order valence-corrected chi connectivity index (χ1v) is 15.9. The van der Waals surface area contributed by atoms with Gasteiger partial charge in [0.15, 0.2) is 12.4 Å². The minimum Gasteiger partial charge on any atom is -0.497 e. The van der Waals surface area contributed by atoms with Gasteiger partial charge in [-0.25, -0.2) is 9.59 Å². The van der Waals surface area contributed by atoms with Crippen molar-refractivity contribution in [3.63, 3.8) is 0 Å². The smallest absolute Gasteiger partial charge is 0.343 e. The number of imide groups is 1. The molecular formula is C39H33NO8. The van der Waals surface area contributed by atoms with Gasteiger partial charge in [0, 0.05) is 17.4 Å². The highest BCUT2D eigenvalue weighted by atomic mass is 16.5. The fourth-order valence-corrected chi connectivity index (χ4v) is 7.58. The SMILES string of the molecule is COc1cccc(C(=O)Oc2ccc(C(=O)COC(=O)[C@H](C(C)C)N3C(=O)C4C5c6ccccc6C(c6ccccc65)C4C3=O)cc2)c1. The lowest BCUT2D eigenvalue weighted by Gasteiger charge is -2.45. The molecule has 9 nitrogen and oxygen atoms in total. The first-order valence-electron chi connectivity index (χ1n) is 15.9. The predicted molar refractivity (Wildman–Crippen MR) is 174 cm³/mol. The predicted octanol–water partition coefficient (Wildman–Crippen LogP) is 5.56. The first kappa shape index (κ1) is 31.1. The van der Waals surface area contributed by atoms with E-state index in [9.17, 15) is 24.0 Å². The standard InChI is InChI=1S/C39H33NO8/c1-21(2)35(39(45)47-20-30(41)22-15-17-24(18-16-22)48-38(44)23-9-8-10-25(19-23)46-3)40-36(42)33-31-26-11-4-5-12-27(26)32(34(33)37(40)43)29-14-7-6-13-28(29)31/h4-19,21,31-35H,20H2,1-3H3/t31?,32?,33?,34?,35-/m0/s1. The molecule has 1 aliphatic heterocycles. The van der Waals surface area contributed by atoms with Gasteiger partial charge in [0.2, 0.25) is 11.8 Å². The van der Waals surface area contributed by atoms with Crippen LogP contribution in [0.15, 0.2) is 97.1 Å². The van der Waals surface area contributed by atoms with Crippen LogP contribution in [-0.2, 0) is 19.1 Å². The van der Waals surface area contributed by atoms with Crippen molar-refractivity contribution in [3.05, 3.63) is 130 Å². The lowest BCUT2D eigenvalue weighted by molar-refractivity contribution is -0.160. The Morgan fingerprint density at radius 3 is 1.73 bits per heavy atom. The van der Waals surface area contributed by atoms with E-state index in [4.69, 9.17) is 14.2 Å². The number of amides is 2. The van der Waals surface area contributed by atoms with Crippen LogP contribution in [0.2, 0.25) is 0 Å². The Hall–Kier alpha value is -5.57. The number of likely N-dealkylation sites (tertiary alicyclic amines) is 1. The molecule has 0 radical (unpaired) electrons. The molecule has 9 heteroatoms. The molecule has 48 heavy (non-hydrogen) atoms. The number of carbonyl (C=O) groups is 5. The van der Waals surface area contributed by atoms with Crippen molar-refractivity contribution in [2.45, 2.75) is 31.7 Å². The second-order valence-electron chi connectivity index (χ2n) is 12.7. The molecule has 2 bridgehead atoms. The van der Waals surface area contributed by atoms with Crippen LogP contribution in [0.1, 0.15) is 68.7 Å². The number of hydrogen-bond donors (Lipinski definition) is 0. The number of benzene rings is 4. The Bertz CT molecular complexity index is 1850. The fraction of sp³-hybridized carbons (Fsp3) is 0.256. The van der Waals surface area contributed by atoms with Gasteiger partial charge >= 0.3 is 11.9 Å². The Kier molecular flexibility index (Phi) is 7.91. The molecule has 0 spiro atoms. The monoisotopic (exact) mass is 643 g/mol.